The predicted molar refractivity (Wildman–Crippen MR) is 63.5 cm³/mol. The maximum Gasteiger partial charge on any atom is 0.0950 e. The summed E-state index contributed by atoms with van der Waals surface area (Å²) in [7, 11) is 1.92. The van der Waals surface area contributed by atoms with E-state index in [-0.39, 0.29) is 6.04 Å². The van der Waals surface area contributed by atoms with Crippen LogP contribution in [0.1, 0.15) is 17.2 Å². The van der Waals surface area contributed by atoms with Crippen LogP contribution in [0.2, 0.25) is 5.02 Å². The minimum atomic E-state index is 0.207. The van der Waals surface area contributed by atoms with E-state index < -0.39 is 0 Å². The van der Waals surface area contributed by atoms with Gasteiger partial charge in [0.2, 0.25) is 0 Å². The Kier molecular flexibility index (Phi) is 3.59. The van der Waals surface area contributed by atoms with E-state index in [0.29, 0.717) is 5.02 Å². The zero-order valence-corrected chi connectivity index (χ0v) is 9.74. The summed E-state index contributed by atoms with van der Waals surface area (Å²) in [5.41, 5.74) is 2.20. The molecule has 0 aliphatic rings. The summed E-state index contributed by atoms with van der Waals surface area (Å²) in [6.45, 7) is 0. The highest BCUT2D eigenvalue weighted by Gasteiger charge is 2.12. The van der Waals surface area contributed by atoms with Gasteiger partial charge in [-0.15, -0.1) is 0 Å². The number of furan rings is 1. The highest BCUT2D eigenvalue weighted by molar-refractivity contribution is 6.31. The molecular formula is C12H13ClN2O. The van der Waals surface area contributed by atoms with Crippen molar-refractivity contribution in [1.82, 2.24) is 10.3 Å². The van der Waals surface area contributed by atoms with Gasteiger partial charge in [-0.1, -0.05) is 11.6 Å². The average molecular weight is 237 g/mol. The first kappa shape index (κ1) is 11.2. The Labute approximate surface area is 99.5 Å². The predicted octanol–water partition coefficient (Wildman–Crippen LogP) is 2.83. The van der Waals surface area contributed by atoms with Gasteiger partial charge in [0.25, 0.3) is 0 Å². The highest BCUT2D eigenvalue weighted by Crippen LogP contribution is 2.22. The van der Waals surface area contributed by atoms with Gasteiger partial charge in [0.15, 0.2) is 0 Å². The number of likely N-dealkylation sites (N-methyl/N-ethyl adjacent to an activating group) is 1. The molecule has 0 amide bonds. The molecule has 0 bridgehead atoms. The zero-order chi connectivity index (χ0) is 11.4. The van der Waals surface area contributed by atoms with Gasteiger partial charge in [-0.25, -0.2) is 0 Å². The second-order valence-electron chi connectivity index (χ2n) is 3.57. The van der Waals surface area contributed by atoms with Crippen molar-refractivity contribution in [2.75, 3.05) is 7.05 Å². The van der Waals surface area contributed by atoms with E-state index in [1.54, 1.807) is 24.9 Å². The van der Waals surface area contributed by atoms with E-state index in [9.17, 15) is 0 Å². The summed E-state index contributed by atoms with van der Waals surface area (Å²) in [6.07, 6.45) is 7.66. The van der Waals surface area contributed by atoms with Crippen LogP contribution in [0.4, 0.5) is 0 Å². The molecule has 0 aromatic carbocycles. The Morgan fingerprint density at radius 1 is 1.50 bits per heavy atom. The molecule has 2 aromatic heterocycles. The molecular weight excluding hydrogens is 224 g/mol. The average Bonchev–Trinajstić information content (AvgIpc) is 2.81. The fourth-order valence-corrected chi connectivity index (χ4v) is 1.85. The summed E-state index contributed by atoms with van der Waals surface area (Å²) >= 11 is 6.07. The molecule has 0 saturated heterocycles. The van der Waals surface area contributed by atoms with Crippen LogP contribution in [-0.4, -0.2) is 12.0 Å². The molecule has 2 rings (SSSR count). The van der Waals surface area contributed by atoms with Crippen molar-refractivity contribution in [3.63, 3.8) is 0 Å². The van der Waals surface area contributed by atoms with Crippen LogP contribution >= 0.6 is 11.6 Å². The second-order valence-corrected chi connectivity index (χ2v) is 3.98. The minimum Gasteiger partial charge on any atom is -0.472 e. The van der Waals surface area contributed by atoms with Crippen LogP contribution in [0.5, 0.6) is 0 Å². The number of hydrogen-bond acceptors (Lipinski definition) is 3. The van der Waals surface area contributed by atoms with E-state index in [2.05, 4.69) is 10.3 Å². The number of halogens is 1. The molecule has 4 heteroatoms. The molecule has 16 heavy (non-hydrogen) atoms. The summed E-state index contributed by atoms with van der Waals surface area (Å²) in [6, 6.07) is 4.10. The molecule has 3 nitrogen and oxygen atoms in total. The van der Waals surface area contributed by atoms with Gasteiger partial charge in [0, 0.05) is 24.0 Å². The third kappa shape index (κ3) is 2.43. The number of pyridine rings is 1. The molecule has 0 radical (unpaired) electrons. The third-order valence-electron chi connectivity index (χ3n) is 2.57. The van der Waals surface area contributed by atoms with Gasteiger partial charge in [0.05, 0.1) is 17.5 Å². The normalized spacial score (nSPS) is 12.6. The minimum absolute atomic E-state index is 0.207. The van der Waals surface area contributed by atoms with Crippen molar-refractivity contribution < 1.29 is 4.42 Å². The maximum absolute atomic E-state index is 6.07. The van der Waals surface area contributed by atoms with Gasteiger partial charge in [-0.2, -0.15) is 0 Å². The maximum atomic E-state index is 6.07. The topological polar surface area (TPSA) is 38.1 Å². The number of nitrogens with one attached hydrogen (secondary N) is 1. The van der Waals surface area contributed by atoms with Crippen molar-refractivity contribution in [1.29, 1.82) is 0 Å². The lowest BCUT2D eigenvalue weighted by Gasteiger charge is -2.14. The summed E-state index contributed by atoms with van der Waals surface area (Å²) in [5, 5.41) is 3.94. The molecule has 0 spiro atoms. The quantitative estimate of drug-likeness (QED) is 0.887. The van der Waals surface area contributed by atoms with Crippen molar-refractivity contribution in [3.8, 4) is 0 Å². The lowest BCUT2D eigenvalue weighted by Crippen LogP contribution is -2.18. The van der Waals surface area contributed by atoms with Gasteiger partial charge in [-0.05, 0) is 31.2 Å². The van der Waals surface area contributed by atoms with Crippen molar-refractivity contribution in [2.45, 2.75) is 12.5 Å². The molecule has 0 fully saturated rings. The van der Waals surface area contributed by atoms with E-state index >= 15 is 0 Å². The fraction of sp³-hybridized carbons (Fsp3) is 0.250. The largest absolute Gasteiger partial charge is 0.472 e. The molecule has 2 heterocycles. The van der Waals surface area contributed by atoms with Crippen LogP contribution in [0, 0.1) is 0 Å². The van der Waals surface area contributed by atoms with Gasteiger partial charge in [0.1, 0.15) is 0 Å². The SMILES string of the molecule is CNC(Cc1ccncc1Cl)c1ccoc1. The highest BCUT2D eigenvalue weighted by atomic mass is 35.5. The second kappa shape index (κ2) is 5.14. The van der Waals surface area contributed by atoms with E-state index in [1.165, 1.54) is 0 Å². The van der Waals surface area contributed by atoms with Crippen LogP contribution in [0.25, 0.3) is 0 Å². The molecule has 1 N–H and O–H groups in total. The smallest absolute Gasteiger partial charge is 0.0950 e. The molecule has 2 aromatic rings. The van der Waals surface area contributed by atoms with E-state index in [4.69, 9.17) is 16.0 Å². The van der Waals surface area contributed by atoms with Crippen LogP contribution in [0.15, 0.2) is 41.5 Å². The monoisotopic (exact) mass is 236 g/mol. The lowest BCUT2D eigenvalue weighted by molar-refractivity contribution is 0.542. The van der Waals surface area contributed by atoms with Gasteiger partial charge >= 0.3 is 0 Å². The van der Waals surface area contributed by atoms with E-state index in [0.717, 1.165) is 17.5 Å². The Morgan fingerprint density at radius 3 is 3.00 bits per heavy atom. The fourth-order valence-electron chi connectivity index (χ4n) is 1.65. The van der Waals surface area contributed by atoms with Crippen LogP contribution in [-0.2, 0) is 6.42 Å². The molecule has 1 unspecified atom stereocenters. The first-order valence-corrected chi connectivity index (χ1v) is 5.47. The third-order valence-corrected chi connectivity index (χ3v) is 2.91. The Hall–Kier alpha value is -1.32. The molecule has 0 aliphatic heterocycles. The van der Waals surface area contributed by atoms with Gasteiger partial charge in [-0.3, -0.25) is 4.98 Å². The molecule has 84 valence electrons. The van der Waals surface area contributed by atoms with Gasteiger partial charge < -0.3 is 9.73 Å². The van der Waals surface area contributed by atoms with E-state index in [1.807, 2.05) is 19.2 Å². The number of hydrogen-bond donors (Lipinski definition) is 1. The van der Waals surface area contributed by atoms with Crippen LogP contribution < -0.4 is 5.32 Å². The van der Waals surface area contributed by atoms with Crippen molar-refractivity contribution in [3.05, 3.63) is 53.2 Å². The Bertz CT molecular complexity index is 442. The number of nitrogens with zero attached hydrogens (tertiary/aromatic N) is 1. The molecule has 1 atom stereocenters. The Morgan fingerprint density at radius 2 is 2.38 bits per heavy atom. The van der Waals surface area contributed by atoms with Crippen LogP contribution in [0.3, 0.4) is 0 Å². The number of rotatable bonds is 4. The summed E-state index contributed by atoms with van der Waals surface area (Å²) in [4.78, 5) is 3.97. The summed E-state index contributed by atoms with van der Waals surface area (Å²) < 4.78 is 5.08. The summed E-state index contributed by atoms with van der Waals surface area (Å²) in [5.74, 6) is 0. The Balaban J connectivity index is 2.17. The zero-order valence-electron chi connectivity index (χ0n) is 8.98. The molecule has 0 saturated carbocycles. The first-order chi connectivity index (χ1) is 7.81. The first-order valence-electron chi connectivity index (χ1n) is 5.09. The van der Waals surface area contributed by atoms with Crippen molar-refractivity contribution in [2.24, 2.45) is 0 Å². The lowest BCUT2D eigenvalue weighted by atomic mass is 10.0. The number of aromatic nitrogens is 1. The molecule has 0 aliphatic carbocycles. The van der Waals surface area contributed by atoms with Crippen molar-refractivity contribution >= 4 is 11.6 Å². The standard InChI is InChI=1S/C12H13ClN2O/c1-14-12(10-3-5-16-8-10)6-9-2-4-15-7-11(9)13/h2-5,7-8,12,14H,6H2,1H3.